The zero-order valence-corrected chi connectivity index (χ0v) is 18.3. The van der Waals surface area contributed by atoms with Crippen molar-refractivity contribution in [3.8, 4) is 5.75 Å². The molecule has 156 valence electrons. The maximum absolute atomic E-state index is 12.3. The summed E-state index contributed by atoms with van der Waals surface area (Å²) in [6, 6.07) is 15.2. The van der Waals surface area contributed by atoms with E-state index in [2.05, 4.69) is 26.1 Å². The van der Waals surface area contributed by atoms with Gasteiger partial charge in [0.05, 0.1) is 6.10 Å². The van der Waals surface area contributed by atoms with Gasteiger partial charge < -0.3 is 15.0 Å². The fourth-order valence-electron chi connectivity index (χ4n) is 2.94. The molecular weight excluding hydrogens is 364 g/mol. The van der Waals surface area contributed by atoms with Crippen molar-refractivity contribution in [2.45, 2.75) is 59.5 Å². The molecule has 2 rings (SSSR count). The van der Waals surface area contributed by atoms with Crippen molar-refractivity contribution in [3.63, 3.8) is 0 Å². The average molecular weight is 397 g/mol. The van der Waals surface area contributed by atoms with Gasteiger partial charge in [-0.05, 0) is 61.2 Å². The zero-order valence-electron chi connectivity index (χ0n) is 18.3. The van der Waals surface area contributed by atoms with E-state index in [4.69, 9.17) is 4.74 Å². The molecule has 0 saturated carbocycles. The van der Waals surface area contributed by atoms with Crippen molar-refractivity contribution < 1.29 is 14.3 Å². The normalized spacial score (nSPS) is 11.3. The first-order valence-electron chi connectivity index (χ1n) is 10.0. The minimum Gasteiger partial charge on any atom is -0.491 e. The van der Waals surface area contributed by atoms with Crippen molar-refractivity contribution in [2.75, 3.05) is 16.8 Å². The molecule has 0 unspecified atom stereocenters. The molecule has 1 N–H and O–H groups in total. The molecule has 0 saturated heterocycles. The molecule has 0 aliphatic rings. The first-order valence-corrected chi connectivity index (χ1v) is 10.0. The first-order chi connectivity index (χ1) is 13.6. The van der Waals surface area contributed by atoms with Gasteiger partial charge in [0.25, 0.3) is 0 Å². The summed E-state index contributed by atoms with van der Waals surface area (Å²) in [6.07, 6.45) is 0.315. The standard InChI is InChI=1S/C24H32N2O3/c1-17(2)29-22-13-9-20(10-14-22)25-23(28)15-16-26(18(3)27)21-11-7-19(8-12-21)24(4,5)6/h7-14,17H,15-16H2,1-6H3,(H,25,28). The number of carbonyl (C=O) groups excluding carboxylic acids is 2. The number of anilines is 2. The van der Waals surface area contributed by atoms with E-state index in [-0.39, 0.29) is 29.8 Å². The Morgan fingerprint density at radius 1 is 1.00 bits per heavy atom. The highest BCUT2D eigenvalue weighted by atomic mass is 16.5. The Hall–Kier alpha value is -2.82. The van der Waals surface area contributed by atoms with E-state index in [0.29, 0.717) is 12.2 Å². The Morgan fingerprint density at radius 2 is 1.59 bits per heavy atom. The molecule has 0 atom stereocenters. The molecule has 0 aromatic heterocycles. The number of hydrogen-bond donors (Lipinski definition) is 1. The van der Waals surface area contributed by atoms with E-state index in [9.17, 15) is 9.59 Å². The van der Waals surface area contributed by atoms with Gasteiger partial charge in [-0.3, -0.25) is 9.59 Å². The summed E-state index contributed by atoms with van der Waals surface area (Å²) < 4.78 is 5.60. The third kappa shape index (κ3) is 6.93. The number of ether oxygens (including phenoxy) is 1. The van der Waals surface area contributed by atoms with Crippen molar-refractivity contribution in [1.29, 1.82) is 0 Å². The lowest BCUT2D eigenvalue weighted by atomic mass is 9.87. The largest absolute Gasteiger partial charge is 0.491 e. The molecule has 0 aliphatic carbocycles. The highest BCUT2D eigenvalue weighted by Gasteiger charge is 2.17. The summed E-state index contributed by atoms with van der Waals surface area (Å²) in [5.74, 6) is 0.538. The maximum atomic E-state index is 12.3. The van der Waals surface area contributed by atoms with E-state index in [1.54, 1.807) is 4.90 Å². The molecule has 0 spiro atoms. The quantitative estimate of drug-likeness (QED) is 0.704. The molecule has 0 fully saturated rings. The van der Waals surface area contributed by atoms with Gasteiger partial charge in [0.1, 0.15) is 5.75 Å². The van der Waals surface area contributed by atoms with E-state index in [1.807, 2.05) is 62.4 Å². The van der Waals surface area contributed by atoms with Crippen LogP contribution in [0.3, 0.4) is 0 Å². The number of benzene rings is 2. The summed E-state index contributed by atoms with van der Waals surface area (Å²) >= 11 is 0. The van der Waals surface area contributed by atoms with Crippen LogP contribution in [0, 0.1) is 0 Å². The summed E-state index contributed by atoms with van der Waals surface area (Å²) in [5, 5.41) is 2.86. The van der Waals surface area contributed by atoms with E-state index >= 15 is 0 Å². The number of nitrogens with zero attached hydrogens (tertiary/aromatic N) is 1. The Kier molecular flexibility index (Phi) is 7.43. The minimum absolute atomic E-state index is 0.0508. The second-order valence-electron chi connectivity index (χ2n) is 8.46. The van der Waals surface area contributed by atoms with Gasteiger partial charge in [0.15, 0.2) is 0 Å². The second kappa shape index (κ2) is 9.59. The zero-order chi connectivity index (χ0) is 21.6. The van der Waals surface area contributed by atoms with Crippen LogP contribution in [0.25, 0.3) is 0 Å². The number of hydrogen-bond acceptors (Lipinski definition) is 3. The monoisotopic (exact) mass is 396 g/mol. The molecule has 0 bridgehead atoms. The van der Waals surface area contributed by atoms with Crippen LogP contribution in [0.1, 0.15) is 53.5 Å². The minimum atomic E-state index is -0.139. The summed E-state index contributed by atoms with van der Waals surface area (Å²) in [7, 11) is 0. The molecule has 2 aromatic carbocycles. The van der Waals surface area contributed by atoms with Gasteiger partial charge >= 0.3 is 0 Å². The lowest BCUT2D eigenvalue weighted by molar-refractivity contribution is -0.117. The number of carbonyl (C=O) groups is 2. The SMILES string of the molecule is CC(=O)N(CCC(=O)Nc1ccc(OC(C)C)cc1)c1ccc(C(C)(C)C)cc1. The second-order valence-corrected chi connectivity index (χ2v) is 8.46. The summed E-state index contributed by atoms with van der Waals surface area (Å²) in [5.41, 5.74) is 2.76. The fraction of sp³-hybridized carbons (Fsp3) is 0.417. The van der Waals surface area contributed by atoms with Gasteiger partial charge in [-0.15, -0.1) is 0 Å². The number of rotatable bonds is 7. The van der Waals surface area contributed by atoms with Gasteiger partial charge in [-0.1, -0.05) is 32.9 Å². The lowest BCUT2D eigenvalue weighted by Crippen LogP contribution is -2.32. The molecule has 5 heteroatoms. The van der Waals surface area contributed by atoms with E-state index < -0.39 is 0 Å². The number of amides is 2. The lowest BCUT2D eigenvalue weighted by Gasteiger charge is -2.23. The van der Waals surface area contributed by atoms with Crippen LogP contribution >= 0.6 is 0 Å². The smallest absolute Gasteiger partial charge is 0.226 e. The molecule has 0 radical (unpaired) electrons. The Morgan fingerprint density at radius 3 is 2.07 bits per heavy atom. The Bertz CT molecular complexity index is 819. The Labute approximate surface area is 174 Å². The summed E-state index contributed by atoms with van der Waals surface area (Å²) in [4.78, 5) is 26.1. The van der Waals surface area contributed by atoms with E-state index in [1.165, 1.54) is 12.5 Å². The number of nitrogens with one attached hydrogen (secondary N) is 1. The molecular formula is C24H32N2O3. The van der Waals surface area contributed by atoms with Gasteiger partial charge in [0, 0.05) is 31.3 Å². The van der Waals surface area contributed by atoms with Crippen LogP contribution in [-0.4, -0.2) is 24.5 Å². The summed E-state index contributed by atoms with van der Waals surface area (Å²) in [6.45, 7) is 12.2. The fourth-order valence-corrected chi connectivity index (χ4v) is 2.94. The first kappa shape index (κ1) is 22.5. The van der Waals surface area contributed by atoms with Crippen molar-refractivity contribution in [3.05, 3.63) is 54.1 Å². The highest BCUT2D eigenvalue weighted by Crippen LogP contribution is 2.25. The van der Waals surface area contributed by atoms with Gasteiger partial charge in [-0.2, -0.15) is 0 Å². The van der Waals surface area contributed by atoms with Crippen LogP contribution in [0.2, 0.25) is 0 Å². The average Bonchev–Trinajstić information content (AvgIpc) is 2.62. The van der Waals surface area contributed by atoms with Crippen LogP contribution in [-0.2, 0) is 15.0 Å². The molecule has 2 aromatic rings. The third-order valence-electron chi connectivity index (χ3n) is 4.50. The molecule has 29 heavy (non-hydrogen) atoms. The van der Waals surface area contributed by atoms with Crippen LogP contribution in [0.4, 0.5) is 11.4 Å². The molecule has 0 heterocycles. The van der Waals surface area contributed by atoms with Crippen LogP contribution in [0.15, 0.2) is 48.5 Å². The van der Waals surface area contributed by atoms with Gasteiger partial charge in [0.2, 0.25) is 11.8 Å². The van der Waals surface area contributed by atoms with Gasteiger partial charge in [-0.25, -0.2) is 0 Å². The Balaban J connectivity index is 1.96. The van der Waals surface area contributed by atoms with Crippen molar-refractivity contribution in [2.24, 2.45) is 0 Å². The van der Waals surface area contributed by atoms with Crippen molar-refractivity contribution in [1.82, 2.24) is 0 Å². The molecule has 5 nitrogen and oxygen atoms in total. The predicted molar refractivity (Wildman–Crippen MR) is 119 cm³/mol. The molecule has 2 amide bonds. The highest BCUT2D eigenvalue weighted by molar-refractivity contribution is 5.94. The van der Waals surface area contributed by atoms with E-state index in [0.717, 1.165) is 11.4 Å². The molecule has 0 aliphatic heterocycles. The predicted octanol–water partition coefficient (Wildman–Crippen LogP) is 5.15. The maximum Gasteiger partial charge on any atom is 0.226 e. The van der Waals surface area contributed by atoms with Crippen LogP contribution < -0.4 is 15.0 Å². The van der Waals surface area contributed by atoms with Crippen molar-refractivity contribution >= 4 is 23.2 Å². The topological polar surface area (TPSA) is 58.6 Å². The van der Waals surface area contributed by atoms with Crippen LogP contribution in [0.5, 0.6) is 5.75 Å². The third-order valence-corrected chi connectivity index (χ3v) is 4.50.